The van der Waals surface area contributed by atoms with Gasteiger partial charge in [0.2, 0.25) is 0 Å². The van der Waals surface area contributed by atoms with Crippen LogP contribution < -0.4 is 9.47 Å². The summed E-state index contributed by atoms with van der Waals surface area (Å²) in [7, 11) is 0. The van der Waals surface area contributed by atoms with Crippen LogP contribution in [0.4, 0.5) is 0 Å². The van der Waals surface area contributed by atoms with Crippen molar-refractivity contribution in [1.29, 1.82) is 0 Å². The highest BCUT2D eigenvalue weighted by molar-refractivity contribution is 5.56. The van der Waals surface area contributed by atoms with Gasteiger partial charge in [0, 0.05) is 0 Å². The van der Waals surface area contributed by atoms with E-state index in [0.717, 1.165) is 23.5 Å². The minimum absolute atomic E-state index is 0.647. The third kappa shape index (κ3) is 1.90. The number of rotatable bonds is 2. The van der Waals surface area contributed by atoms with Crippen LogP contribution >= 0.6 is 0 Å². The molecular weight excluding hydrogens is 176 g/mol. The largest absolute Gasteiger partial charge is 0.486 e. The molecule has 14 heavy (non-hydrogen) atoms. The molecular formula is C12H14O2. The van der Waals surface area contributed by atoms with Crippen molar-refractivity contribution in [2.75, 3.05) is 13.2 Å². The normalized spacial score (nSPS) is 14.6. The second kappa shape index (κ2) is 4.18. The molecule has 1 heterocycles. The summed E-state index contributed by atoms with van der Waals surface area (Å²) < 4.78 is 10.9. The standard InChI is InChI=1S/C12H14O2/c1-2-3-4-10-5-6-11-12(9-10)14-8-7-13-11/h3-6,9H,2,7-8H2,1H3/b4-3+. The Balaban J connectivity index is 2.24. The first kappa shape index (κ1) is 9.13. The molecule has 0 aliphatic carbocycles. The Morgan fingerprint density at radius 3 is 2.79 bits per heavy atom. The van der Waals surface area contributed by atoms with Crippen molar-refractivity contribution >= 4 is 6.08 Å². The Bertz CT molecular complexity index is 342. The molecule has 0 spiro atoms. The van der Waals surface area contributed by atoms with E-state index in [1.54, 1.807) is 0 Å². The topological polar surface area (TPSA) is 18.5 Å². The summed E-state index contributed by atoms with van der Waals surface area (Å²) in [5, 5.41) is 0. The number of benzene rings is 1. The predicted octanol–water partition coefficient (Wildman–Crippen LogP) is 2.88. The van der Waals surface area contributed by atoms with Gasteiger partial charge in [0.1, 0.15) is 13.2 Å². The summed E-state index contributed by atoms with van der Waals surface area (Å²) in [6, 6.07) is 6.02. The van der Waals surface area contributed by atoms with Crippen molar-refractivity contribution in [1.82, 2.24) is 0 Å². The number of hydrogen-bond acceptors (Lipinski definition) is 2. The average molecular weight is 190 g/mol. The molecule has 2 heteroatoms. The maximum Gasteiger partial charge on any atom is 0.161 e. The van der Waals surface area contributed by atoms with Gasteiger partial charge in [-0.25, -0.2) is 0 Å². The molecule has 0 saturated carbocycles. The van der Waals surface area contributed by atoms with E-state index in [0.29, 0.717) is 13.2 Å². The lowest BCUT2D eigenvalue weighted by Gasteiger charge is -2.18. The SMILES string of the molecule is CC/C=C/c1ccc2c(c1)OCCO2. The molecule has 2 rings (SSSR count). The first-order valence-corrected chi connectivity index (χ1v) is 4.96. The molecule has 1 aromatic rings. The molecule has 0 radical (unpaired) electrons. The van der Waals surface area contributed by atoms with Gasteiger partial charge >= 0.3 is 0 Å². The van der Waals surface area contributed by atoms with Gasteiger partial charge in [-0.3, -0.25) is 0 Å². The van der Waals surface area contributed by atoms with Crippen molar-refractivity contribution in [3.05, 3.63) is 29.8 Å². The van der Waals surface area contributed by atoms with E-state index in [2.05, 4.69) is 19.1 Å². The van der Waals surface area contributed by atoms with Crippen LogP contribution in [0.15, 0.2) is 24.3 Å². The summed E-state index contributed by atoms with van der Waals surface area (Å²) in [4.78, 5) is 0. The lowest BCUT2D eigenvalue weighted by Crippen LogP contribution is -2.15. The molecule has 0 unspecified atom stereocenters. The average Bonchev–Trinajstić information content (AvgIpc) is 2.26. The Kier molecular flexibility index (Phi) is 2.73. The van der Waals surface area contributed by atoms with Crippen LogP contribution in [0, 0.1) is 0 Å². The Labute approximate surface area is 84.2 Å². The van der Waals surface area contributed by atoms with Crippen molar-refractivity contribution in [3.63, 3.8) is 0 Å². The van der Waals surface area contributed by atoms with E-state index < -0.39 is 0 Å². The lowest BCUT2D eigenvalue weighted by atomic mass is 10.1. The van der Waals surface area contributed by atoms with E-state index in [-0.39, 0.29) is 0 Å². The van der Waals surface area contributed by atoms with Gasteiger partial charge in [-0.1, -0.05) is 25.1 Å². The fraction of sp³-hybridized carbons (Fsp3) is 0.333. The van der Waals surface area contributed by atoms with E-state index in [1.165, 1.54) is 0 Å². The van der Waals surface area contributed by atoms with Crippen LogP contribution in [0.25, 0.3) is 6.08 Å². The summed E-state index contributed by atoms with van der Waals surface area (Å²) in [6.45, 7) is 3.42. The molecule has 0 atom stereocenters. The van der Waals surface area contributed by atoms with Crippen LogP contribution in [0.5, 0.6) is 11.5 Å². The van der Waals surface area contributed by atoms with Gasteiger partial charge in [0.25, 0.3) is 0 Å². The molecule has 0 bridgehead atoms. The molecule has 0 aromatic heterocycles. The molecule has 2 nitrogen and oxygen atoms in total. The van der Waals surface area contributed by atoms with E-state index in [9.17, 15) is 0 Å². The summed E-state index contributed by atoms with van der Waals surface area (Å²) >= 11 is 0. The Morgan fingerprint density at radius 1 is 1.21 bits per heavy atom. The summed E-state index contributed by atoms with van der Waals surface area (Å²) in [5.74, 6) is 1.71. The molecule has 0 saturated heterocycles. The highest BCUT2D eigenvalue weighted by atomic mass is 16.6. The van der Waals surface area contributed by atoms with Crippen LogP contribution in [0.2, 0.25) is 0 Å². The third-order valence-electron chi connectivity index (χ3n) is 2.11. The number of hydrogen-bond donors (Lipinski definition) is 0. The van der Waals surface area contributed by atoms with Crippen molar-refractivity contribution in [2.45, 2.75) is 13.3 Å². The van der Waals surface area contributed by atoms with Gasteiger partial charge in [-0.05, 0) is 24.1 Å². The minimum atomic E-state index is 0.647. The zero-order valence-corrected chi connectivity index (χ0v) is 8.32. The number of fused-ring (bicyclic) bond motifs is 1. The fourth-order valence-corrected chi connectivity index (χ4v) is 1.42. The first-order valence-electron chi connectivity index (χ1n) is 4.96. The van der Waals surface area contributed by atoms with Gasteiger partial charge in [-0.2, -0.15) is 0 Å². The van der Waals surface area contributed by atoms with E-state index in [4.69, 9.17) is 9.47 Å². The second-order valence-corrected chi connectivity index (χ2v) is 3.21. The predicted molar refractivity (Wildman–Crippen MR) is 56.8 cm³/mol. The van der Waals surface area contributed by atoms with E-state index in [1.807, 2.05) is 18.2 Å². The van der Waals surface area contributed by atoms with Crippen LogP contribution in [-0.2, 0) is 0 Å². The third-order valence-corrected chi connectivity index (χ3v) is 2.11. The van der Waals surface area contributed by atoms with Crippen molar-refractivity contribution in [2.24, 2.45) is 0 Å². The monoisotopic (exact) mass is 190 g/mol. The highest BCUT2D eigenvalue weighted by Gasteiger charge is 2.10. The first-order chi connectivity index (χ1) is 6.90. The Morgan fingerprint density at radius 2 is 2.00 bits per heavy atom. The second-order valence-electron chi connectivity index (χ2n) is 3.21. The maximum absolute atomic E-state index is 5.49. The zero-order chi connectivity index (χ0) is 9.80. The molecule has 1 aliphatic rings. The number of ether oxygens (including phenoxy) is 2. The minimum Gasteiger partial charge on any atom is -0.486 e. The van der Waals surface area contributed by atoms with Crippen LogP contribution in [0.3, 0.4) is 0 Å². The highest BCUT2D eigenvalue weighted by Crippen LogP contribution is 2.30. The summed E-state index contributed by atoms with van der Waals surface area (Å²) in [6.07, 6.45) is 5.28. The molecule has 0 N–H and O–H groups in total. The van der Waals surface area contributed by atoms with Crippen molar-refractivity contribution < 1.29 is 9.47 Å². The number of allylic oxidation sites excluding steroid dienone is 1. The van der Waals surface area contributed by atoms with E-state index >= 15 is 0 Å². The maximum atomic E-state index is 5.49. The molecule has 74 valence electrons. The Hall–Kier alpha value is -1.44. The zero-order valence-electron chi connectivity index (χ0n) is 8.32. The van der Waals surface area contributed by atoms with Crippen molar-refractivity contribution in [3.8, 4) is 11.5 Å². The summed E-state index contributed by atoms with van der Waals surface area (Å²) in [5.41, 5.74) is 1.16. The van der Waals surface area contributed by atoms with Gasteiger partial charge in [-0.15, -0.1) is 0 Å². The lowest BCUT2D eigenvalue weighted by molar-refractivity contribution is 0.171. The van der Waals surface area contributed by atoms with Gasteiger partial charge in [0.05, 0.1) is 0 Å². The fourth-order valence-electron chi connectivity index (χ4n) is 1.42. The molecule has 0 fully saturated rings. The molecule has 0 amide bonds. The van der Waals surface area contributed by atoms with Crippen LogP contribution in [-0.4, -0.2) is 13.2 Å². The quantitative estimate of drug-likeness (QED) is 0.714. The molecule has 1 aliphatic heterocycles. The van der Waals surface area contributed by atoms with Gasteiger partial charge < -0.3 is 9.47 Å². The van der Waals surface area contributed by atoms with Gasteiger partial charge in [0.15, 0.2) is 11.5 Å². The smallest absolute Gasteiger partial charge is 0.161 e. The molecule has 1 aromatic carbocycles. The van der Waals surface area contributed by atoms with Crippen LogP contribution in [0.1, 0.15) is 18.9 Å².